The summed E-state index contributed by atoms with van der Waals surface area (Å²) in [4.78, 5) is 4.18. The topological polar surface area (TPSA) is 40.6 Å². The fourth-order valence-corrected chi connectivity index (χ4v) is 2.11. The molecule has 0 radical (unpaired) electrons. The number of rotatable bonds is 3. The Morgan fingerprint density at radius 3 is 2.68 bits per heavy atom. The lowest BCUT2D eigenvalue weighted by atomic mass is 10.0. The van der Waals surface area contributed by atoms with Crippen LogP contribution in [0.15, 0.2) is 36.5 Å². The summed E-state index contributed by atoms with van der Waals surface area (Å²) >= 11 is 0. The van der Waals surface area contributed by atoms with Crippen LogP contribution in [0, 0.1) is 0 Å². The molecule has 0 fully saturated rings. The number of hydrogen-bond donors (Lipinski definition) is 0. The first-order valence-electron chi connectivity index (χ1n) is 6.23. The molecule has 0 aliphatic carbocycles. The van der Waals surface area contributed by atoms with Crippen LogP contribution in [-0.4, -0.2) is 25.3 Å². The van der Waals surface area contributed by atoms with Gasteiger partial charge in [-0.2, -0.15) is 0 Å². The molecule has 1 aromatic heterocycles. The Morgan fingerprint density at radius 1 is 1.11 bits per heavy atom. The molecule has 1 aromatic carbocycles. The molecule has 4 heteroatoms. The van der Waals surface area contributed by atoms with Crippen LogP contribution in [0.4, 0.5) is 0 Å². The van der Waals surface area contributed by atoms with Crippen molar-refractivity contribution in [2.24, 2.45) is 0 Å². The summed E-state index contributed by atoms with van der Waals surface area (Å²) < 4.78 is 16.3. The van der Waals surface area contributed by atoms with Crippen molar-refractivity contribution in [3.63, 3.8) is 0 Å². The third-order valence-electron chi connectivity index (χ3n) is 3.08. The largest absolute Gasteiger partial charge is 0.497 e. The van der Waals surface area contributed by atoms with E-state index in [0.29, 0.717) is 19.1 Å². The lowest BCUT2D eigenvalue weighted by molar-refractivity contribution is 0.163. The highest BCUT2D eigenvalue weighted by Gasteiger charge is 2.17. The first-order chi connectivity index (χ1) is 9.36. The number of fused-ring (bicyclic) bond motifs is 1. The molecule has 0 spiro atoms. The van der Waals surface area contributed by atoms with E-state index in [0.717, 1.165) is 23.5 Å². The van der Waals surface area contributed by atoms with Gasteiger partial charge in [-0.15, -0.1) is 0 Å². The van der Waals surface area contributed by atoms with Gasteiger partial charge in [-0.25, -0.2) is 4.98 Å². The summed E-state index contributed by atoms with van der Waals surface area (Å²) in [6.07, 6.45) is 2.55. The molecule has 1 aliphatic heterocycles. The van der Waals surface area contributed by atoms with E-state index in [1.54, 1.807) is 13.3 Å². The van der Waals surface area contributed by atoms with Crippen LogP contribution in [0.2, 0.25) is 0 Å². The van der Waals surface area contributed by atoms with E-state index in [1.165, 1.54) is 5.56 Å². The van der Waals surface area contributed by atoms with Crippen LogP contribution in [0.5, 0.6) is 17.4 Å². The Bertz CT molecular complexity index is 566. The Hall–Kier alpha value is -2.23. The Morgan fingerprint density at radius 2 is 1.89 bits per heavy atom. The summed E-state index contributed by atoms with van der Waals surface area (Å²) in [6, 6.07) is 9.99. The average Bonchev–Trinajstić information content (AvgIpc) is 2.48. The number of aromatic nitrogens is 1. The van der Waals surface area contributed by atoms with E-state index in [2.05, 4.69) is 17.1 Å². The van der Waals surface area contributed by atoms with Gasteiger partial charge in [-0.05, 0) is 23.8 Å². The van der Waals surface area contributed by atoms with E-state index >= 15 is 0 Å². The maximum atomic E-state index is 5.66. The molecule has 4 nitrogen and oxygen atoms in total. The van der Waals surface area contributed by atoms with E-state index in [-0.39, 0.29) is 0 Å². The van der Waals surface area contributed by atoms with Gasteiger partial charge in [0.1, 0.15) is 19.0 Å². The van der Waals surface area contributed by atoms with Crippen LogP contribution >= 0.6 is 0 Å². The SMILES string of the molecule is COc1ccc(Cc2ccnc3c2OCCO3)cc1. The molecule has 0 saturated carbocycles. The fourth-order valence-electron chi connectivity index (χ4n) is 2.11. The van der Waals surface area contributed by atoms with Gasteiger partial charge >= 0.3 is 0 Å². The van der Waals surface area contributed by atoms with Gasteiger partial charge in [0.25, 0.3) is 5.88 Å². The Kier molecular flexibility index (Phi) is 3.23. The second kappa shape index (κ2) is 5.18. The van der Waals surface area contributed by atoms with Crippen LogP contribution in [0.1, 0.15) is 11.1 Å². The van der Waals surface area contributed by atoms with E-state index in [4.69, 9.17) is 14.2 Å². The van der Waals surface area contributed by atoms with Crippen LogP contribution in [-0.2, 0) is 6.42 Å². The standard InChI is InChI=1S/C15H15NO3/c1-17-13-4-2-11(3-5-13)10-12-6-7-16-15-14(12)18-8-9-19-15/h2-7H,8-10H2,1H3. The Labute approximate surface area is 112 Å². The molecule has 0 atom stereocenters. The van der Waals surface area contributed by atoms with Gasteiger partial charge in [-0.1, -0.05) is 12.1 Å². The minimum Gasteiger partial charge on any atom is -0.497 e. The van der Waals surface area contributed by atoms with Crippen LogP contribution in [0.25, 0.3) is 0 Å². The maximum Gasteiger partial charge on any atom is 0.257 e. The summed E-state index contributed by atoms with van der Waals surface area (Å²) in [5, 5.41) is 0. The molecule has 0 amide bonds. The van der Waals surface area contributed by atoms with Crippen LogP contribution < -0.4 is 14.2 Å². The molecule has 0 unspecified atom stereocenters. The number of hydrogen-bond acceptors (Lipinski definition) is 4. The van der Waals surface area contributed by atoms with Gasteiger partial charge in [0.05, 0.1) is 7.11 Å². The second-order valence-electron chi connectivity index (χ2n) is 4.33. The van der Waals surface area contributed by atoms with Gasteiger partial charge < -0.3 is 14.2 Å². The monoisotopic (exact) mass is 257 g/mol. The lowest BCUT2D eigenvalue weighted by Gasteiger charge is -2.19. The fraction of sp³-hybridized carbons (Fsp3) is 0.267. The predicted octanol–water partition coefficient (Wildman–Crippen LogP) is 2.45. The normalized spacial score (nSPS) is 13.1. The maximum absolute atomic E-state index is 5.66. The van der Waals surface area contributed by atoms with Crippen molar-refractivity contribution in [3.05, 3.63) is 47.7 Å². The van der Waals surface area contributed by atoms with E-state index < -0.39 is 0 Å². The minimum absolute atomic E-state index is 0.561. The molecule has 98 valence electrons. The van der Waals surface area contributed by atoms with Crippen LogP contribution in [0.3, 0.4) is 0 Å². The summed E-state index contributed by atoms with van der Waals surface area (Å²) in [7, 11) is 1.67. The molecule has 0 bridgehead atoms. The van der Waals surface area contributed by atoms with E-state index in [9.17, 15) is 0 Å². The molecule has 0 N–H and O–H groups in total. The van der Waals surface area contributed by atoms with E-state index in [1.807, 2.05) is 18.2 Å². The number of pyridine rings is 1. The highest BCUT2D eigenvalue weighted by atomic mass is 16.6. The molecule has 1 aliphatic rings. The summed E-state index contributed by atoms with van der Waals surface area (Å²) in [6.45, 7) is 1.14. The molecular weight excluding hydrogens is 242 g/mol. The number of nitrogens with zero attached hydrogens (tertiary/aromatic N) is 1. The molecule has 2 heterocycles. The molecule has 3 rings (SSSR count). The number of benzene rings is 1. The van der Waals surface area contributed by atoms with Gasteiger partial charge in [0, 0.05) is 18.2 Å². The lowest BCUT2D eigenvalue weighted by Crippen LogP contribution is -2.17. The molecule has 2 aromatic rings. The Balaban J connectivity index is 1.86. The zero-order valence-corrected chi connectivity index (χ0v) is 10.8. The van der Waals surface area contributed by atoms with Crippen molar-refractivity contribution in [3.8, 4) is 17.4 Å². The highest BCUT2D eigenvalue weighted by molar-refractivity contribution is 5.45. The van der Waals surface area contributed by atoms with Gasteiger partial charge in [-0.3, -0.25) is 0 Å². The van der Waals surface area contributed by atoms with Gasteiger partial charge in [0.2, 0.25) is 0 Å². The first kappa shape index (κ1) is 11.8. The van der Waals surface area contributed by atoms with Crippen molar-refractivity contribution in [1.29, 1.82) is 0 Å². The zero-order chi connectivity index (χ0) is 13.1. The minimum atomic E-state index is 0.561. The second-order valence-corrected chi connectivity index (χ2v) is 4.33. The quantitative estimate of drug-likeness (QED) is 0.847. The summed E-state index contributed by atoms with van der Waals surface area (Å²) in [5.41, 5.74) is 2.29. The molecule has 0 saturated heterocycles. The number of ether oxygens (including phenoxy) is 3. The predicted molar refractivity (Wildman–Crippen MR) is 71.0 cm³/mol. The van der Waals surface area contributed by atoms with Gasteiger partial charge in [0.15, 0.2) is 5.75 Å². The van der Waals surface area contributed by atoms with Crippen molar-refractivity contribution >= 4 is 0 Å². The zero-order valence-electron chi connectivity index (χ0n) is 10.8. The van der Waals surface area contributed by atoms with Crippen molar-refractivity contribution in [2.75, 3.05) is 20.3 Å². The van der Waals surface area contributed by atoms with Crippen molar-refractivity contribution < 1.29 is 14.2 Å². The van der Waals surface area contributed by atoms with Crippen molar-refractivity contribution in [1.82, 2.24) is 4.98 Å². The number of methoxy groups -OCH3 is 1. The third-order valence-corrected chi connectivity index (χ3v) is 3.08. The first-order valence-corrected chi connectivity index (χ1v) is 6.23. The molecular formula is C15H15NO3. The smallest absolute Gasteiger partial charge is 0.257 e. The average molecular weight is 257 g/mol. The van der Waals surface area contributed by atoms with Crippen molar-refractivity contribution in [2.45, 2.75) is 6.42 Å². The highest BCUT2D eigenvalue weighted by Crippen LogP contribution is 2.32. The molecule has 19 heavy (non-hydrogen) atoms. The summed E-state index contributed by atoms with van der Waals surface area (Å²) in [5.74, 6) is 2.22. The third kappa shape index (κ3) is 2.47.